The van der Waals surface area contributed by atoms with Gasteiger partial charge in [-0.3, -0.25) is 4.79 Å². The number of anilines is 1. The third-order valence-electron chi connectivity index (χ3n) is 7.17. The monoisotopic (exact) mass is 450 g/mol. The fraction of sp³-hybridized carbons (Fsp3) is 0.450. The summed E-state index contributed by atoms with van der Waals surface area (Å²) in [6, 6.07) is 6.27. The van der Waals surface area contributed by atoms with Crippen LogP contribution in [-0.4, -0.2) is 42.1 Å². The molecule has 2 fully saturated rings. The zero-order valence-electron chi connectivity index (χ0n) is 14.6. The van der Waals surface area contributed by atoms with Crippen LogP contribution in [0.5, 0.6) is 5.75 Å². The van der Waals surface area contributed by atoms with E-state index in [9.17, 15) is 9.90 Å². The molecule has 4 atom stereocenters. The molecule has 1 aromatic rings. The van der Waals surface area contributed by atoms with Crippen LogP contribution < -0.4 is 29.3 Å². The minimum atomic E-state index is -0.130. The maximum atomic E-state index is 12.1. The van der Waals surface area contributed by atoms with Crippen LogP contribution in [0, 0.1) is 5.92 Å². The first kappa shape index (κ1) is 17.1. The summed E-state index contributed by atoms with van der Waals surface area (Å²) >= 11 is 0. The maximum Gasteiger partial charge on any atom is 0.148 e. The number of rotatable bonds is 1. The van der Waals surface area contributed by atoms with Crippen LogP contribution in [-0.2, 0) is 10.2 Å². The number of benzene rings is 1. The summed E-state index contributed by atoms with van der Waals surface area (Å²) in [5.74, 6) is 0.518. The van der Waals surface area contributed by atoms with Gasteiger partial charge in [-0.1, -0.05) is 18.2 Å². The highest BCUT2D eigenvalue weighted by atomic mass is 127. The summed E-state index contributed by atoms with van der Waals surface area (Å²) in [4.78, 5) is 12.1. The number of carbonyl (C=O) groups excluding carboxylic acids is 1. The van der Waals surface area contributed by atoms with Gasteiger partial charge in [-0.25, -0.2) is 0 Å². The molecule has 4 nitrogen and oxygen atoms in total. The molecule has 2 bridgehead atoms. The van der Waals surface area contributed by atoms with Gasteiger partial charge in [0.25, 0.3) is 0 Å². The predicted molar refractivity (Wildman–Crippen MR) is 92.7 cm³/mol. The molecule has 3 heterocycles. The maximum absolute atomic E-state index is 12.1. The molecule has 2 N–H and O–H groups in total. The van der Waals surface area contributed by atoms with Gasteiger partial charge in [-0.2, -0.15) is 0 Å². The number of fused-ring (bicyclic) bond motifs is 2. The molecule has 0 amide bonds. The Hall–Kier alpha value is -1.34. The Kier molecular flexibility index (Phi) is 3.64. The molecule has 0 aromatic heterocycles. The number of phenolic OH excluding ortho intramolecular Hbond substituents is 1. The number of aromatic hydroxyl groups is 1. The summed E-state index contributed by atoms with van der Waals surface area (Å²) in [7, 11) is 2.36. The number of nitrogens with zero attached hydrogens (tertiary/aromatic N) is 1. The summed E-state index contributed by atoms with van der Waals surface area (Å²) < 4.78 is 1.04. The Bertz CT molecular complexity index is 846. The highest BCUT2D eigenvalue weighted by Crippen LogP contribution is 2.63. The lowest BCUT2D eigenvalue weighted by molar-refractivity contribution is -0.923. The molecule has 5 rings (SSSR count). The van der Waals surface area contributed by atoms with Crippen LogP contribution in [0.15, 0.2) is 41.1 Å². The van der Waals surface area contributed by atoms with Crippen molar-refractivity contribution in [2.24, 2.45) is 5.92 Å². The molecule has 132 valence electrons. The molecule has 0 radical (unpaired) electrons. The number of likely N-dealkylation sites (N-methyl/N-ethyl adjacent to an activating group) is 1. The Morgan fingerprint density at radius 3 is 2.92 bits per heavy atom. The lowest BCUT2D eigenvalue weighted by atomic mass is 9.61. The van der Waals surface area contributed by atoms with Crippen LogP contribution >= 0.6 is 0 Å². The minimum Gasteiger partial charge on any atom is -1.00 e. The molecule has 4 aliphatic rings. The van der Waals surface area contributed by atoms with Gasteiger partial charge in [0.05, 0.1) is 24.7 Å². The summed E-state index contributed by atoms with van der Waals surface area (Å²) in [5, 5.41) is 13.8. The second kappa shape index (κ2) is 5.33. The third-order valence-corrected chi connectivity index (χ3v) is 7.17. The van der Waals surface area contributed by atoms with Crippen molar-refractivity contribution in [2.45, 2.75) is 31.2 Å². The van der Waals surface area contributed by atoms with Crippen molar-refractivity contribution < 1.29 is 38.4 Å². The van der Waals surface area contributed by atoms with Gasteiger partial charge in [0.1, 0.15) is 24.6 Å². The lowest BCUT2D eigenvalue weighted by Gasteiger charge is -2.51. The van der Waals surface area contributed by atoms with E-state index in [-0.39, 0.29) is 41.1 Å². The predicted octanol–water partition coefficient (Wildman–Crippen LogP) is -0.289. The minimum absolute atomic E-state index is 0. The molecule has 1 spiro atoms. The smallest absolute Gasteiger partial charge is 0.148 e. The third kappa shape index (κ3) is 1.83. The standard InChI is InChI=1S/C20H22N2O2.HI/c1-3-12-10-22(2)8-7-20-15-5-4-6-16(24)18(15)21-19(20)14(11-23)13(12)9-17(20)22;/h3-6,11,13,17H,7-10H2,1-2H3,(H-,21,23,24);1H/t13-,17-,20+,22?;/m0./s1. The number of hydrogen-bond acceptors (Lipinski definition) is 3. The molecule has 0 saturated carbocycles. The highest BCUT2D eigenvalue weighted by molar-refractivity contribution is 5.85. The number of halogens is 1. The van der Waals surface area contributed by atoms with Crippen molar-refractivity contribution in [3.05, 3.63) is 46.7 Å². The molecular weight excluding hydrogens is 427 g/mol. The van der Waals surface area contributed by atoms with Crippen molar-refractivity contribution >= 4 is 12.0 Å². The first-order valence-corrected chi connectivity index (χ1v) is 8.84. The van der Waals surface area contributed by atoms with E-state index in [2.05, 4.69) is 31.4 Å². The van der Waals surface area contributed by atoms with E-state index in [1.54, 1.807) is 6.07 Å². The van der Waals surface area contributed by atoms with Crippen molar-refractivity contribution in [1.29, 1.82) is 0 Å². The molecule has 5 heteroatoms. The van der Waals surface area contributed by atoms with Gasteiger partial charge in [-0.15, -0.1) is 0 Å². The lowest BCUT2D eigenvalue weighted by Crippen LogP contribution is -3.00. The number of para-hydroxylation sites is 1. The van der Waals surface area contributed by atoms with Gasteiger partial charge in [0, 0.05) is 30.0 Å². The first-order chi connectivity index (χ1) is 11.5. The quantitative estimate of drug-likeness (QED) is 0.203. The summed E-state index contributed by atoms with van der Waals surface area (Å²) in [6.45, 7) is 4.24. The van der Waals surface area contributed by atoms with Crippen LogP contribution in [0.3, 0.4) is 0 Å². The van der Waals surface area contributed by atoms with Crippen molar-refractivity contribution in [3.8, 4) is 5.75 Å². The van der Waals surface area contributed by atoms with E-state index in [1.165, 1.54) is 11.1 Å². The number of phenols is 1. The first-order valence-electron chi connectivity index (χ1n) is 8.84. The Labute approximate surface area is 165 Å². The van der Waals surface area contributed by atoms with Crippen molar-refractivity contribution in [2.75, 3.05) is 25.5 Å². The van der Waals surface area contributed by atoms with Crippen molar-refractivity contribution in [1.82, 2.24) is 0 Å². The zero-order valence-corrected chi connectivity index (χ0v) is 16.7. The van der Waals surface area contributed by atoms with Gasteiger partial charge < -0.3 is 38.9 Å². The van der Waals surface area contributed by atoms with E-state index in [4.69, 9.17) is 0 Å². The molecule has 1 aliphatic carbocycles. The highest BCUT2D eigenvalue weighted by Gasteiger charge is 2.67. The molecule has 1 unspecified atom stereocenters. The SMILES string of the molecule is CC=C1C[N+]2(C)CC[C@]34C(=C(C=O)[C@H]1C[C@@H]32)Nc1c(O)cccc14.[I-]. The Morgan fingerprint density at radius 1 is 1.40 bits per heavy atom. The van der Waals surface area contributed by atoms with Crippen LogP contribution in [0.2, 0.25) is 0 Å². The second-order valence-corrected chi connectivity index (χ2v) is 8.02. The van der Waals surface area contributed by atoms with Gasteiger partial charge in [0.15, 0.2) is 0 Å². The number of nitrogens with one attached hydrogen (secondary N) is 1. The Morgan fingerprint density at radius 2 is 2.20 bits per heavy atom. The topological polar surface area (TPSA) is 49.3 Å². The van der Waals surface area contributed by atoms with Gasteiger partial charge in [-0.05, 0) is 24.1 Å². The second-order valence-electron chi connectivity index (χ2n) is 8.02. The molecule has 3 aliphatic heterocycles. The zero-order chi connectivity index (χ0) is 16.7. The summed E-state index contributed by atoms with van der Waals surface area (Å²) in [5.41, 5.74) is 5.23. The largest absolute Gasteiger partial charge is 1.00 e. The number of piperidine rings is 1. The molecular formula is C20H23IN2O2. The van der Waals surface area contributed by atoms with Gasteiger partial charge in [0.2, 0.25) is 0 Å². The average molecular weight is 450 g/mol. The average Bonchev–Trinajstić information content (AvgIpc) is 3.09. The van der Waals surface area contributed by atoms with E-state index in [1.807, 2.05) is 6.07 Å². The fourth-order valence-electron chi connectivity index (χ4n) is 6.12. The fourth-order valence-corrected chi connectivity index (χ4v) is 6.12. The van der Waals surface area contributed by atoms with Gasteiger partial charge >= 0.3 is 0 Å². The van der Waals surface area contributed by atoms with E-state index >= 15 is 0 Å². The van der Waals surface area contributed by atoms with E-state index in [0.29, 0.717) is 6.04 Å². The van der Waals surface area contributed by atoms with Crippen LogP contribution in [0.4, 0.5) is 5.69 Å². The number of aldehydes is 1. The number of allylic oxidation sites excluding steroid dienone is 2. The molecule has 2 saturated heterocycles. The van der Waals surface area contributed by atoms with Crippen LogP contribution in [0.1, 0.15) is 25.3 Å². The normalized spacial score (nSPS) is 38.7. The van der Waals surface area contributed by atoms with Crippen LogP contribution in [0.25, 0.3) is 0 Å². The van der Waals surface area contributed by atoms with E-state index < -0.39 is 0 Å². The molecule has 25 heavy (non-hydrogen) atoms. The number of quaternary nitrogens is 1. The Balaban J connectivity index is 0.00000157. The van der Waals surface area contributed by atoms with E-state index in [0.717, 1.165) is 53.7 Å². The van der Waals surface area contributed by atoms with Crippen molar-refractivity contribution in [3.63, 3.8) is 0 Å². The summed E-state index contributed by atoms with van der Waals surface area (Å²) in [6.07, 6.45) is 5.34. The number of carbonyl (C=O) groups is 1. The number of hydrogen-bond donors (Lipinski definition) is 2. The molecule has 1 aromatic carbocycles.